The van der Waals surface area contributed by atoms with E-state index in [0.717, 1.165) is 58.6 Å². The minimum absolute atomic E-state index is 0.126. The van der Waals surface area contributed by atoms with E-state index in [1.807, 2.05) is 57.2 Å². The average Bonchev–Trinajstić information content (AvgIpc) is 2.97. The molecule has 1 fully saturated rings. The lowest BCUT2D eigenvalue weighted by molar-refractivity contribution is -0.116. The number of H-pyrrole nitrogens is 1. The second-order valence-corrected chi connectivity index (χ2v) is 10.5. The summed E-state index contributed by atoms with van der Waals surface area (Å²) in [6.45, 7) is 14.0. The lowest BCUT2D eigenvalue weighted by atomic mass is 9.93. The van der Waals surface area contributed by atoms with Crippen molar-refractivity contribution in [3.05, 3.63) is 99.0 Å². The second kappa shape index (κ2) is 13.5. The van der Waals surface area contributed by atoms with Gasteiger partial charge in [-0.15, -0.1) is 0 Å². The van der Waals surface area contributed by atoms with Crippen LogP contribution in [0.25, 0.3) is 11.1 Å². The molecule has 1 aliphatic heterocycles. The van der Waals surface area contributed by atoms with Gasteiger partial charge < -0.3 is 25.3 Å². The molecule has 0 spiro atoms. The number of pyridine rings is 1. The third-order valence-electron chi connectivity index (χ3n) is 7.79. The maximum atomic E-state index is 13.8. The van der Waals surface area contributed by atoms with Crippen LogP contribution in [0.4, 0.5) is 5.69 Å². The molecule has 8 nitrogen and oxygen atoms in total. The minimum Gasteiger partial charge on any atom is -0.381 e. The molecule has 3 N–H and O–H groups in total. The number of aromatic nitrogens is 1. The zero-order valence-electron chi connectivity index (χ0n) is 24.4. The Bertz CT molecular complexity index is 1490. The molecule has 0 saturated carbocycles. The molecule has 2 aromatic carbocycles. The summed E-state index contributed by atoms with van der Waals surface area (Å²) in [6.07, 6.45) is 3.08. The number of carbonyl (C=O) groups excluding carboxylic acids is 2. The molecule has 0 unspecified atom stereocenters. The molecule has 1 aliphatic rings. The zero-order chi connectivity index (χ0) is 29.5. The predicted molar refractivity (Wildman–Crippen MR) is 163 cm³/mol. The van der Waals surface area contributed by atoms with Gasteiger partial charge in [-0.3, -0.25) is 14.4 Å². The van der Waals surface area contributed by atoms with Crippen molar-refractivity contribution >= 4 is 17.5 Å². The van der Waals surface area contributed by atoms with Crippen molar-refractivity contribution in [3.8, 4) is 11.1 Å². The highest BCUT2D eigenvalue weighted by Crippen LogP contribution is 2.35. The van der Waals surface area contributed by atoms with E-state index in [1.165, 1.54) is 6.08 Å². The topological polar surface area (TPSA) is 104 Å². The van der Waals surface area contributed by atoms with Gasteiger partial charge in [-0.05, 0) is 92.6 Å². The van der Waals surface area contributed by atoms with Crippen LogP contribution in [0.1, 0.15) is 58.1 Å². The van der Waals surface area contributed by atoms with E-state index < -0.39 is 0 Å². The Labute approximate surface area is 241 Å². The summed E-state index contributed by atoms with van der Waals surface area (Å²) >= 11 is 0. The van der Waals surface area contributed by atoms with Gasteiger partial charge in [0.25, 0.3) is 11.5 Å². The number of ether oxygens (including phenoxy) is 1. The van der Waals surface area contributed by atoms with Gasteiger partial charge in [-0.1, -0.05) is 30.8 Å². The van der Waals surface area contributed by atoms with Gasteiger partial charge in [0.15, 0.2) is 0 Å². The summed E-state index contributed by atoms with van der Waals surface area (Å²) in [4.78, 5) is 43.4. The van der Waals surface area contributed by atoms with Crippen LogP contribution in [0.15, 0.2) is 59.9 Å². The quantitative estimate of drug-likeness (QED) is 0.314. The third-order valence-corrected chi connectivity index (χ3v) is 7.79. The van der Waals surface area contributed by atoms with Crippen LogP contribution in [-0.2, 0) is 22.6 Å². The van der Waals surface area contributed by atoms with Crippen molar-refractivity contribution in [2.45, 2.75) is 59.7 Å². The number of hydrogen-bond acceptors (Lipinski definition) is 5. The normalized spacial score (nSPS) is 13.5. The van der Waals surface area contributed by atoms with Gasteiger partial charge in [0.2, 0.25) is 5.91 Å². The monoisotopic (exact) mass is 556 g/mol. The van der Waals surface area contributed by atoms with E-state index in [0.29, 0.717) is 36.9 Å². The van der Waals surface area contributed by atoms with Gasteiger partial charge in [-0.2, -0.15) is 0 Å². The molecule has 1 aromatic heterocycles. The molecule has 1 saturated heterocycles. The van der Waals surface area contributed by atoms with Crippen LogP contribution in [0, 0.1) is 20.8 Å². The first-order valence-corrected chi connectivity index (χ1v) is 14.2. The first-order chi connectivity index (χ1) is 19.7. The number of nitrogens with zero attached hydrogens (tertiary/aromatic N) is 1. The fourth-order valence-electron chi connectivity index (χ4n) is 5.59. The maximum Gasteiger partial charge on any atom is 0.253 e. The van der Waals surface area contributed by atoms with E-state index in [1.54, 1.807) is 0 Å². The molecule has 4 rings (SSSR count). The highest BCUT2D eigenvalue weighted by Gasteiger charge is 2.25. The molecule has 0 atom stereocenters. The van der Waals surface area contributed by atoms with Crippen molar-refractivity contribution in [1.29, 1.82) is 0 Å². The van der Waals surface area contributed by atoms with E-state index in [9.17, 15) is 14.4 Å². The van der Waals surface area contributed by atoms with E-state index >= 15 is 0 Å². The van der Waals surface area contributed by atoms with Crippen molar-refractivity contribution in [3.63, 3.8) is 0 Å². The Morgan fingerprint density at radius 3 is 2.49 bits per heavy atom. The number of nitrogens with one attached hydrogen (secondary N) is 3. The number of rotatable bonds is 10. The highest BCUT2D eigenvalue weighted by molar-refractivity contribution is 5.99. The molecule has 0 radical (unpaired) electrons. The molecular formula is C33H40N4O4. The fourth-order valence-corrected chi connectivity index (χ4v) is 5.59. The Morgan fingerprint density at radius 1 is 1.07 bits per heavy atom. The van der Waals surface area contributed by atoms with Crippen LogP contribution in [0.2, 0.25) is 0 Å². The molecule has 2 amide bonds. The lowest BCUT2D eigenvalue weighted by Crippen LogP contribution is -2.40. The number of anilines is 1. The SMILES string of the molecule is C=CC(=O)NCc1ccccc1-c1cc(C(=O)NCc2c(C)cc(C)[nH]c2=O)c(C)c(N(CC)C2CCOCC2)c1. The van der Waals surface area contributed by atoms with E-state index in [4.69, 9.17) is 4.74 Å². The summed E-state index contributed by atoms with van der Waals surface area (Å²) < 4.78 is 5.63. The van der Waals surface area contributed by atoms with Crippen molar-refractivity contribution in [1.82, 2.24) is 15.6 Å². The largest absolute Gasteiger partial charge is 0.381 e. The van der Waals surface area contributed by atoms with Gasteiger partial charge in [0.1, 0.15) is 0 Å². The Kier molecular flexibility index (Phi) is 9.78. The number of amides is 2. The van der Waals surface area contributed by atoms with Crippen LogP contribution in [0.3, 0.4) is 0 Å². The first kappa shape index (κ1) is 29.8. The van der Waals surface area contributed by atoms with Gasteiger partial charge >= 0.3 is 0 Å². The van der Waals surface area contributed by atoms with E-state index in [2.05, 4.69) is 40.1 Å². The fraction of sp³-hybridized carbons (Fsp3) is 0.364. The third kappa shape index (κ3) is 6.95. The average molecular weight is 557 g/mol. The number of benzene rings is 2. The zero-order valence-corrected chi connectivity index (χ0v) is 24.4. The van der Waals surface area contributed by atoms with Crippen molar-refractivity contribution in [2.75, 3.05) is 24.7 Å². The van der Waals surface area contributed by atoms with Crippen LogP contribution >= 0.6 is 0 Å². The number of aryl methyl sites for hydroxylation is 2. The van der Waals surface area contributed by atoms with Crippen LogP contribution in [0.5, 0.6) is 0 Å². The molecular weight excluding hydrogens is 516 g/mol. The molecule has 2 heterocycles. The van der Waals surface area contributed by atoms with Crippen molar-refractivity contribution < 1.29 is 14.3 Å². The van der Waals surface area contributed by atoms with E-state index in [-0.39, 0.29) is 23.9 Å². The predicted octanol–water partition coefficient (Wildman–Crippen LogP) is 4.70. The van der Waals surface area contributed by atoms with Gasteiger partial charge in [0, 0.05) is 61.4 Å². The smallest absolute Gasteiger partial charge is 0.253 e. The molecule has 3 aromatic rings. The number of aromatic amines is 1. The van der Waals surface area contributed by atoms with Crippen molar-refractivity contribution in [2.24, 2.45) is 0 Å². The molecule has 8 heteroatoms. The number of hydrogen-bond donors (Lipinski definition) is 3. The first-order valence-electron chi connectivity index (χ1n) is 14.2. The standard InChI is InChI=1S/C33H40N4O4/c1-6-31(38)34-19-24-10-8-9-11-27(24)25-17-28(32(39)35-20-29-21(3)16-22(4)36-33(29)40)23(5)30(18-25)37(7-2)26-12-14-41-15-13-26/h6,8-11,16-18,26H,1,7,12-15,19-20H2,2-5H3,(H,34,38)(H,35,39)(H,36,40). The Balaban J connectivity index is 1.77. The molecule has 0 aliphatic carbocycles. The molecule has 216 valence electrons. The maximum absolute atomic E-state index is 13.8. The molecule has 0 bridgehead atoms. The summed E-state index contributed by atoms with van der Waals surface area (Å²) in [5.74, 6) is -0.493. The van der Waals surface area contributed by atoms with Gasteiger partial charge in [0.05, 0.1) is 0 Å². The summed E-state index contributed by atoms with van der Waals surface area (Å²) in [5, 5.41) is 5.86. The number of carbonyl (C=O) groups is 2. The summed E-state index contributed by atoms with van der Waals surface area (Å²) in [7, 11) is 0. The lowest BCUT2D eigenvalue weighted by Gasteiger charge is -2.37. The highest BCUT2D eigenvalue weighted by atomic mass is 16.5. The Morgan fingerprint density at radius 2 is 1.80 bits per heavy atom. The summed E-state index contributed by atoms with van der Waals surface area (Å²) in [5.41, 5.74) is 7.14. The molecule has 41 heavy (non-hydrogen) atoms. The Hall–Kier alpha value is -4.17. The second-order valence-electron chi connectivity index (χ2n) is 10.5. The van der Waals surface area contributed by atoms with Gasteiger partial charge in [-0.25, -0.2) is 0 Å². The minimum atomic E-state index is -0.248. The van der Waals surface area contributed by atoms with Crippen LogP contribution in [-0.4, -0.2) is 42.6 Å². The summed E-state index contributed by atoms with van der Waals surface area (Å²) in [6, 6.07) is 14.1. The van der Waals surface area contributed by atoms with Crippen LogP contribution < -0.4 is 21.1 Å².